The van der Waals surface area contributed by atoms with Crippen molar-refractivity contribution in [1.82, 2.24) is 5.32 Å². The predicted octanol–water partition coefficient (Wildman–Crippen LogP) is 2.11. The highest BCUT2D eigenvalue weighted by Crippen LogP contribution is 2.25. The van der Waals surface area contributed by atoms with Crippen molar-refractivity contribution in [3.63, 3.8) is 0 Å². The zero-order valence-corrected chi connectivity index (χ0v) is 15.6. The number of aliphatic hydroxyl groups is 1. The van der Waals surface area contributed by atoms with Crippen molar-refractivity contribution < 1.29 is 23.1 Å². The molecule has 1 atom stereocenters. The maximum atomic E-state index is 12.1. The van der Waals surface area contributed by atoms with E-state index in [-0.39, 0.29) is 25.3 Å². The molecule has 2 N–H and O–H groups in total. The highest BCUT2D eigenvalue weighted by atomic mass is 32.2. The fraction of sp³-hybridized carbons (Fsp3) is 0.933. The lowest BCUT2D eigenvalue weighted by atomic mass is 9.88. The molecule has 0 saturated heterocycles. The summed E-state index contributed by atoms with van der Waals surface area (Å²) < 4.78 is 28.6. The summed E-state index contributed by atoms with van der Waals surface area (Å²) in [6.07, 6.45) is -0.315. The van der Waals surface area contributed by atoms with Gasteiger partial charge in [-0.2, -0.15) is 0 Å². The molecule has 0 saturated carbocycles. The highest BCUT2D eigenvalue weighted by molar-refractivity contribution is 7.92. The molecule has 0 bridgehead atoms. The van der Waals surface area contributed by atoms with E-state index >= 15 is 0 Å². The molecular formula is C15H31NO5S. The van der Waals surface area contributed by atoms with Gasteiger partial charge in [0.25, 0.3) is 0 Å². The second kappa shape index (κ2) is 7.17. The molecule has 0 aliphatic rings. The maximum absolute atomic E-state index is 12.1. The van der Waals surface area contributed by atoms with Crippen LogP contribution < -0.4 is 5.32 Å². The van der Waals surface area contributed by atoms with Gasteiger partial charge in [-0.15, -0.1) is 0 Å². The summed E-state index contributed by atoms with van der Waals surface area (Å²) in [5.41, 5.74) is -1.31. The molecule has 1 amide bonds. The number of hydrogen-bond acceptors (Lipinski definition) is 5. The van der Waals surface area contributed by atoms with Gasteiger partial charge < -0.3 is 15.2 Å². The summed E-state index contributed by atoms with van der Waals surface area (Å²) >= 11 is 0. The van der Waals surface area contributed by atoms with Crippen molar-refractivity contribution in [2.45, 2.75) is 65.2 Å². The SMILES string of the molecule is CC(CO)(CCS(=O)(=O)C(C)(C)C)CNC(=O)OC(C)(C)C. The number of hydrogen-bond donors (Lipinski definition) is 2. The smallest absolute Gasteiger partial charge is 0.407 e. The molecular weight excluding hydrogens is 306 g/mol. The van der Waals surface area contributed by atoms with Gasteiger partial charge in [-0.3, -0.25) is 0 Å². The van der Waals surface area contributed by atoms with Crippen LogP contribution in [0, 0.1) is 5.41 Å². The van der Waals surface area contributed by atoms with E-state index in [1.807, 2.05) is 0 Å². The summed E-state index contributed by atoms with van der Waals surface area (Å²) in [4.78, 5) is 11.6. The van der Waals surface area contributed by atoms with Crippen LogP contribution >= 0.6 is 0 Å². The average Bonchev–Trinajstić information content (AvgIpc) is 2.31. The fourth-order valence-electron chi connectivity index (χ4n) is 1.51. The zero-order valence-electron chi connectivity index (χ0n) is 14.8. The first kappa shape index (κ1) is 21.2. The fourth-order valence-corrected chi connectivity index (χ4v) is 2.88. The first-order valence-corrected chi connectivity index (χ1v) is 9.07. The molecule has 0 rings (SSSR count). The van der Waals surface area contributed by atoms with Crippen molar-refractivity contribution in [3.05, 3.63) is 0 Å². The Hall–Kier alpha value is -0.820. The molecule has 22 heavy (non-hydrogen) atoms. The van der Waals surface area contributed by atoms with Gasteiger partial charge in [-0.25, -0.2) is 13.2 Å². The molecule has 1 unspecified atom stereocenters. The number of carbonyl (C=O) groups is 1. The van der Waals surface area contributed by atoms with E-state index < -0.39 is 31.7 Å². The second-order valence-electron chi connectivity index (χ2n) is 8.01. The van der Waals surface area contributed by atoms with Gasteiger partial charge in [0.1, 0.15) is 5.60 Å². The normalized spacial score (nSPS) is 16.0. The van der Waals surface area contributed by atoms with E-state index in [4.69, 9.17) is 4.74 Å². The Labute approximate surface area is 134 Å². The van der Waals surface area contributed by atoms with Crippen molar-refractivity contribution in [2.75, 3.05) is 18.9 Å². The summed E-state index contributed by atoms with van der Waals surface area (Å²) in [6.45, 7) is 11.9. The lowest BCUT2D eigenvalue weighted by molar-refractivity contribution is 0.0476. The Morgan fingerprint density at radius 2 is 1.59 bits per heavy atom. The van der Waals surface area contributed by atoms with Crippen molar-refractivity contribution >= 4 is 15.9 Å². The number of rotatable bonds is 6. The average molecular weight is 337 g/mol. The summed E-state index contributed by atoms with van der Waals surface area (Å²) in [5, 5.41) is 12.1. The van der Waals surface area contributed by atoms with Gasteiger partial charge in [0.2, 0.25) is 0 Å². The van der Waals surface area contributed by atoms with E-state index in [2.05, 4.69) is 5.32 Å². The summed E-state index contributed by atoms with van der Waals surface area (Å²) in [6, 6.07) is 0. The van der Waals surface area contributed by atoms with Crippen LogP contribution in [0.4, 0.5) is 4.79 Å². The molecule has 132 valence electrons. The maximum Gasteiger partial charge on any atom is 0.407 e. The topological polar surface area (TPSA) is 92.7 Å². The lowest BCUT2D eigenvalue weighted by Crippen LogP contribution is -2.42. The third-order valence-corrected chi connectivity index (χ3v) is 5.96. The largest absolute Gasteiger partial charge is 0.444 e. The van der Waals surface area contributed by atoms with Crippen LogP contribution in [0.3, 0.4) is 0 Å². The Kier molecular flexibility index (Phi) is 6.90. The quantitative estimate of drug-likeness (QED) is 0.774. The molecule has 0 aliphatic carbocycles. The minimum atomic E-state index is -3.26. The van der Waals surface area contributed by atoms with Crippen LogP contribution in [0.1, 0.15) is 54.9 Å². The molecule has 0 radical (unpaired) electrons. The molecule has 0 fully saturated rings. The van der Waals surface area contributed by atoms with Gasteiger partial charge in [0.05, 0.1) is 17.1 Å². The molecule has 6 nitrogen and oxygen atoms in total. The van der Waals surface area contributed by atoms with Crippen LogP contribution in [0.15, 0.2) is 0 Å². The molecule has 0 heterocycles. The second-order valence-corrected chi connectivity index (χ2v) is 10.9. The van der Waals surface area contributed by atoms with Crippen LogP contribution in [-0.2, 0) is 14.6 Å². The number of sulfone groups is 1. The zero-order chi connectivity index (χ0) is 17.8. The van der Waals surface area contributed by atoms with Gasteiger partial charge in [-0.05, 0) is 48.0 Å². The number of alkyl carbamates (subject to hydrolysis) is 1. The number of carbonyl (C=O) groups excluding carboxylic acids is 1. The Balaban J connectivity index is 4.64. The van der Waals surface area contributed by atoms with Gasteiger partial charge in [0.15, 0.2) is 9.84 Å². The van der Waals surface area contributed by atoms with Crippen LogP contribution in [0.2, 0.25) is 0 Å². The Morgan fingerprint density at radius 3 is 1.95 bits per heavy atom. The van der Waals surface area contributed by atoms with Gasteiger partial charge >= 0.3 is 6.09 Å². The first-order chi connectivity index (χ1) is 9.62. The third-order valence-electron chi connectivity index (χ3n) is 3.35. The van der Waals surface area contributed by atoms with E-state index in [1.165, 1.54) is 0 Å². The third kappa shape index (κ3) is 7.45. The van der Waals surface area contributed by atoms with E-state index in [9.17, 15) is 18.3 Å². The van der Waals surface area contributed by atoms with Crippen LogP contribution in [0.5, 0.6) is 0 Å². The van der Waals surface area contributed by atoms with Crippen LogP contribution in [0.25, 0.3) is 0 Å². The molecule has 0 spiro atoms. The van der Waals surface area contributed by atoms with Gasteiger partial charge in [-0.1, -0.05) is 6.92 Å². The predicted molar refractivity (Wildman–Crippen MR) is 87.6 cm³/mol. The minimum absolute atomic E-state index is 0.0381. The molecule has 0 aromatic heterocycles. The molecule has 0 aliphatic heterocycles. The van der Waals surface area contributed by atoms with E-state index in [0.717, 1.165) is 0 Å². The van der Waals surface area contributed by atoms with E-state index in [0.29, 0.717) is 0 Å². The van der Waals surface area contributed by atoms with E-state index in [1.54, 1.807) is 48.5 Å². The summed E-state index contributed by atoms with van der Waals surface area (Å²) in [5.74, 6) is -0.0381. The Bertz CT molecular complexity index is 473. The molecule has 7 heteroatoms. The lowest BCUT2D eigenvalue weighted by Gasteiger charge is -2.30. The first-order valence-electron chi connectivity index (χ1n) is 7.42. The Morgan fingerprint density at radius 1 is 1.09 bits per heavy atom. The standard InChI is InChI=1S/C15H31NO5S/c1-13(2,3)21-12(18)16-10-15(7,11-17)8-9-22(19,20)14(4,5)6/h17H,8-11H2,1-7H3,(H,16,18). The number of nitrogens with one attached hydrogen (secondary N) is 1. The minimum Gasteiger partial charge on any atom is -0.444 e. The van der Waals surface area contributed by atoms with Gasteiger partial charge in [0, 0.05) is 12.0 Å². The molecule has 0 aromatic carbocycles. The van der Waals surface area contributed by atoms with Crippen molar-refractivity contribution in [2.24, 2.45) is 5.41 Å². The van der Waals surface area contributed by atoms with Crippen LogP contribution in [-0.4, -0.2) is 48.9 Å². The monoisotopic (exact) mass is 337 g/mol. The summed E-state index contributed by atoms with van der Waals surface area (Å²) in [7, 11) is -3.26. The van der Waals surface area contributed by atoms with Crippen molar-refractivity contribution in [1.29, 1.82) is 0 Å². The number of ether oxygens (including phenoxy) is 1. The number of amides is 1. The highest BCUT2D eigenvalue weighted by Gasteiger charge is 2.33. The molecule has 0 aromatic rings. The number of aliphatic hydroxyl groups excluding tert-OH is 1. The van der Waals surface area contributed by atoms with Crippen molar-refractivity contribution in [3.8, 4) is 0 Å².